The Hall–Kier alpha value is -1.95. The topological polar surface area (TPSA) is 42.4 Å². The lowest BCUT2D eigenvalue weighted by Gasteiger charge is -2.23. The van der Waals surface area contributed by atoms with E-state index in [-0.39, 0.29) is 12.0 Å². The highest BCUT2D eigenvalue weighted by atomic mass is 35.5. The second-order valence-corrected chi connectivity index (χ2v) is 7.91. The van der Waals surface area contributed by atoms with E-state index in [0.717, 1.165) is 29.7 Å². The smallest absolute Gasteiger partial charge is 0.261 e. The van der Waals surface area contributed by atoms with Crippen LogP contribution in [-0.2, 0) is 4.74 Å². The van der Waals surface area contributed by atoms with Crippen molar-refractivity contribution in [1.29, 1.82) is 0 Å². The molecule has 0 N–H and O–H groups in total. The van der Waals surface area contributed by atoms with Crippen molar-refractivity contribution in [3.63, 3.8) is 0 Å². The lowest BCUT2D eigenvalue weighted by Crippen LogP contribution is -2.37. The first-order chi connectivity index (χ1) is 12.6. The Balaban J connectivity index is 1.73. The van der Waals surface area contributed by atoms with Gasteiger partial charge in [-0.3, -0.25) is 9.69 Å². The molecule has 134 valence electrons. The van der Waals surface area contributed by atoms with Gasteiger partial charge in [0, 0.05) is 6.61 Å². The van der Waals surface area contributed by atoms with Crippen LogP contribution in [0.15, 0.2) is 42.5 Å². The van der Waals surface area contributed by atoms with E-state index >= 15 is 0 Å². The van der Waals surface area contributed by atoms with E-state index in [2.05, 4.69) is 13.0 Å². The number of carbonyl (C=O) groups is 1. The van der Waals surface area contributed by atoms with Crippen molar-refractivity contribution in [2.24, 2.45) is 0 Å². The third-order valence-corrected chi connectivity index (χ3v) is 5.89. The molecule has 0 radical (unpaired) electrons. The monoisotopic (exact) mass is 386 g/mol. The van der Waals surface area contributed by atoms with Crippen LogP contribution < -0.4 is 4.90 Å². The molecule has 2 aromatic carbocycles. The molecule has 1 atom stereocenters. The highest BCUT2D eigenvalue weighted by molar-refractivity contribution is 7.22. The summed E-state index contributed by atoms with van der Waals surface area (Å²) in [6.45, 7) is 3.29. The second-order valence-electron chi connectivity index (χ2n) is 6.50. The molecule has 1 aromatic heterocycles. The van der Waals surface area contributed by atoms with E-state index in [9.17, 15) is 4.79 Å². The maximum absolute atomic E-state index is 13.3. The number of rotatable bonds is 4. The van der Waals surface area contributed by atoms with Gasteiger partial charge in [-0.05, 0) is 49.6 Å². The average Bonchev–Trinajstić information content (AvgIpc) is 3.28. The molecule has 2 heterocycles. The van der Waals surface area contributed by atoms with E-state index in [1.807, 2.05) is 24.3 Å². The molecule has 0 aliphatic carbocycles. The molecule has 1 unspecified atom stereocenters. The van der Waals surface area contributed by atoms with Gasteiger partial charge in [-0.15, -0.1) is 0 Å². The summed E-state index contributed by atoms with van der Waals surface area (Å²) >= 11 is 7.80. The van der Waals surface area contributed by atoms with E-state index < -0.39 is 0 Å². The molecule has 0 spiro atoms. The number of fused-ring (bicyclic) bond motifs is 1. The van der Waals surface area contributed by atoms with Gasteiger partial charge in [0.1, 0.15) is 0 Å². The molecule has 3 aromatic rings. The lowest BCUT2D eigenvalue weighted by molar-refractivity contribution is 0.0917. The molecule has 0 bridgehead atoms. The first-order valence-electron chi connectivity index (χ1n) is 8.67. The molecule has 4 rings (SSSR count). The van der Waals surface area contributed by atoms with Crippen LogP contribution in [-0.4, -0.2) is 30.1 Å². The number of hydrogen-bond donors (Lipinski definition) is 0. The Labute approximate surface area is 161 Å². The number of halogens is 1. The predicted octanol–water partition coefficient (Wildman–Crippen LogP) is 5.08. The van der Waals surface area contributed by atoms with Crippen LogP contribution in [0.1, 0.15) is 28.8 Å². The molecule has 26 heavy (non-hydrogen) atoms. The molecule has 0 saturated carbocycles. The maximum Gasteiger partial charge on any atom is 0.261 e. The van der Waals surface area contributed by atoms with Gasteiger partial charge >= 0.3 is 0 Å². The van der Waals surface area contributed by atoms with Gasteiger partial charge in [0.05, 0.1) is 33.5 Å². The van der Waals surface area contributed by atoms with E-state index in [1.54, 1.807) is 17.0 Å². The zero-order chi connectivity index (χ0) is 18.1. The molecular formula is C20H19ClN2O2S. The highest BCUT2D eigenvalue weighted by Gasteiger charge is 2.28. The number of aryl methyl sites for hydroxylation is 1. The third-order valence-electron chi connectivity index (χ3n) is 4.52. The Kier molecular flexibility index (Phi) is 4.94. The Morgan fingerprint density at radius 1 is 1.35 bits per heavy atom. The molecule has 1 fully saturated rings. The summed E-state index contributed by atoms with van der Waals surface area (Å²) in [5.41, 5.74) is 2.57. The van der Waals surface area contributed by atoms with E-state index in [1.165, 1.54) is 16.9 Å². The average molecular weight is 387 g/mol. The van der Waals surface area contributed by atoms with Gasteiger partial charge in [-0.25, -0.2) is 4.98 Å². The van der Waals surface area contributed by atoms with Crippen LogP contribution in [0.25, 0.3) is 10.2 Å². The summed E-state index contributed by atoms with van der Waals surface area (Å²) in [6, 6.07) is 13.3. The van der Waals surface area contributed by atoms with Gasteiger partial charge in [-0.1, -0.05) is 41.1 Å². The zero-order valence-electron chi connectivity index (χ0n) is 14.4. The number of hydrogen-bond acceptors (Lipinski definition) is 4. The SMILES string of the molecule is Cc1ccc2nc(N(CC3CCCO3)C(=O)c3ccccc3Cl)sc2c1. The van der Waals surface area contributed by atoms with Crippen molar-refractivity contribution < 1.29 is 9.53 Å². The number of carbonyl (C=O) groups excluding carboxylic acids is 1. The predicted molar refractivity (Wildman–Crippen MR) is 106 cm³/mol. The number of anilines is 1. The van der Waals surface area contributed by atoms with Crippen molar-refractivity contribution in [3.05, 3.63) is 58.6 Å². The first kappa shape index (κ1) is 17.5. The second kappa shape index (κ2) is 7.35. The fraction of sp³-hybridized carbons (Fsp3) is 0.300. The third kappa shape index (κ3) is 3.47. The molecule has 1 amide bonds. The molecule has 4 nitrogen and oxygen atoms in total. The number of thiazole rings is 1. The highest BCUT2D eigenvalue weighted by Crippen LogP contribution is 2.32. The fourth-order valence-electron chi connectivity index (χ4n) is 3.16. The quantitative estimate of drug-likeness (QED) is 0.627. The minimum absolute atomic E-state index is 0.0372. The van der Waals surface area contributed by atoms with Crippen LogP contribution in [0.4, 0.5) is 5.13 Å². The van der Waals surface area contributed by atoms with E-state index in [0.29, 0.717) is 22.3 Å². The van der Waals surface area contributed by atoms with Crippen LogP contribution in [0.5, 0.6) is 0 Å². The summed E-state index contributed by atoms with van der Waals surface area (Å²) in [6.07, 6.45) is 2.02. The maximum atomic E-state index is 13.3. The van der Waals surface area contributed by atoms with E-state index in [4.69, 9.17) is 21.3 Å². The fourth-order valence-corrected chi connectivity index (χ4v) is 4.44. The first-order valence-corrected chi connectivity index (χ1v) is 9.86. The largest absolute Gasteiger partial charge is 0.376 e. The minimum atomic E-state index is -0.137. The Bertz CT molecular complexity index is 950. The summed E-state index contributed by atoms with van der Waals surface area (Å²) in [4.78, 5) is 19.7. The van der Waals surface area contributed by atoms with Crippen LogP contribution in [0, 0.1) is 6.92 Å². The number of ether oxygens (including phenoxy) is 1. The number of amides is 1. The van der Waals surface area contributed by atoms with Crippen molar-refractivity contribution in [3.8, 4) is 0 Å². The van der Waals surface area contributed by atoms with Gasteiger partial charge in [-0.2, -0.15) is 0 Å². The Morgan fingerprint density at radius 3 is 2.96 bits per heavy atom. The molecule has 6 heteroatoms. The zero-order valence-corrected chi connectivity index (χ0v) is 16.0. The Morgan fingerprint density at radius 2 is 2.19 bits per heavy atom. The summed E-state index contributed by atoms with van der Waals surface area (Å²) in [5.74, 6) is -0.137. The van der Waals surface area contributed by atoms with Crippen molar-refractivity contribution in [2.45, 2.75) is 25.9 Å². The number of aromatic nitrogens is 1. The van der Waals surface area contributed by atoms with Crippen LogP contribution in [0.3, 0.4) is 0 Å². The van der Waals surface area contributed by atoms with Crippen molar-refractivity contribution >= 4 is 44.2 Å². The summed E-state index contributed by atoms with van der Waals surface area (Å²) in [7, 11) is 0. The summed E-state index contributed by atoms with van der Waals surface area (Å²) < 4.78 is 6.84. The van der Waals surface area contributed by atoms with Gasteiger partial charge in [0.2, 0.25) is 0 Å². The molecular weight excluding hydrogens is 368 g/mol. The number of benzene rings is 2. The van der Waals surface area contributed by atoms with Gasteiger partial charge in [0.15, 0.2) is 5.13 Å². The van der Waals surface area contributed by atoms with Crippen LogP contribution >= 0.6 is 22.9 Å². The lowest BCUT2D eigenvalue weighted by atomic mass is 10.1. The van der Waals surface area contributed by atoms with Gasteiger partial charge < -0.3 is 4.74 Å². The summed E-state index contributed by atoms with van der Waals surface area (Å²) in [5, 5.41) is 1.14. The van der Waals surface area contributed by atoms with Crippen molar-refractivity contribution in [2.75, 3.05) is 18.1 Å². The molecule has 1 aliphatic heterocycles. The van der Waals surface area contributed by atoms with Gasteiger partial charge in [0.25, 0.3) is 5.91 Å². The van der Waals surface area contributed by atoms with Crippen LogP contribution in [0.2, 0.25) is 5.02 Å². The molecule has 1 saturated heterocycles. The normalized spacial score (nSPS) is 16.9. The molecule has 1 aliphatic rings. The number of nitrogens with zero attached hydrogens (tertiary/aromatic N) is 2. The standard InChI is InChI=1S/C20H19ClN2O2S/c1-13-8-9-17-18(11-13)26-20(22-17)23(12-14-5-4-10-25-14)19(24)15-6-2-3-7-16(15)21/h2-3,6-9,11,14H,4-5,10,12H2,1H3. The van der Waals surface area contributed by atoms with Crippen molar-refractivity contribution in [1.82, 2.24) is 4.98 Å². The minimum Gasteiger partial charge on any atom is -0.376 e.